The van der Waals surface area contributed by atoms with Crippen LogP contribution in [0.4, 0.5) is 4.39 Å². The summed E-state index contributed by atoms with van der Waals surface area (Å²) in [6, 6.07) is 9.31. The third-order valence-corrected chi connectivity index (χ3v) is 5.36. The van der Waals surface area contributed by atoms with Crippen molar-refractivity contribution >= 4 is 29.9 Å². The molecule has 1 N–H and O–H groups in total. The van der Waals surface area contributed by atoms with Gasteiger partial charge in [0, 0.05) is 57.8 Å². The van der Waals surface area contributed by atoms with Crippen LogP contribution in [-0.4, -0.2) is 60.2 Å². The maximum absolute atomic E-state index is 14.0. The third kappa shape index (κ3) is 4.83. The van der Waals surface area contributed by atoms with Gasteiger partial charge in [-0.2, -0.15) is 0 Å². The van der Waals surface area contributed by atoms with Gasteiger partial charge in [-0.25, -0.2) is 4.39 Å². The first-order valence-electron chi connectivity index (χ1n) is 9.51. The summed E-state index contributed by atoms with van der Waals surface area (Å²) < 4.78 is 19.1. The number of nitrogens with one attached hydrogen (secondary N) is 1. The minimum absolute atomic E-state index is 0. The summed E-state index contributed by atoms with van der Waals surface area (Å²) in [5.41, 5.74) is 1.78. The van der Waals surface area contributed by atoms with Gasteiger partial charge in [-0.1, -0.05) is 23.4 Å². The fourth-order valence-electron chi connectivity index (χ4n) is 3.78. The summed E-state index contributed by atoms with van der Waals surface area (Å²) in [5, 5.41) is 7.59. The molecule has 1 aliphatic heterocycles. The molecule has 1 aromatic carbocycles. The van der Waals surface area contributed by atoms with Gasteiger partial charge in [0.15, 0.2) is 5.96 Å². The van der Waals surface area contributed by atoms with Crippen LogP contribution >= 0.6 is 24.0 Å². The summed E-state index contributed by atoms with van der Waals surface area (Å²) in [4.78, 5) is 9.10. The second-order valence-corrected chi connectivity index (χ2v) is 7.35. The molecule has 2 fully saturated rings. The largest absolute Gasteiger partial charge is 0.361 e. The first kappa shape index (κ1) is 21.0. The van der Waals surface area contributed by atoms with Crippen molar-refractivity contribution in [2.75, 3.05) is 33.2 Å². The Kier molecular flexibility index (Phi) is 6.92. The second-order valence-electron chi connectivity index (χ2n) is 7.35. The van der Waals surface area contributed by atoms with Gasteiger partial charge in [-0.3, -0.25) is 9.89 Å². The number of nitrogens with zero attached hydrogens (tertiary/aromatic N) is 4. The van der Waals surface area contributed by atoms with Crippen molar-refractivity contribution in [3.8, 4) is 0 Å². The Hall–Kier alpha value is -1.68. The molecule has 2 aromatic rings. The molecule has 2 unspecified atom stereocenters. The Morgan fingerprint density at radius 3 is 2.68 bits per heavy atom. The number of aryl methyl sites for hydroxylation is 1. The van der Waals surface area contributed by atoms with Gasteiger partial charge in [-0.15, -0.1) is 24.0 Å². The molecule has 0 spiro atoms. The summed E-state index contributed by atoms with van der Waals surface area (Å²) in [5.74, 6) is 1.89. The molecule has 2 aliphatic rings. The Morgan fingerprint density at radius 1 is 1.29 bits per heavy atom. The van der Waals surface area contributed by atoms with Gasteiger partial charge >= 0.3 is 0 Å². The van der Waals surface area contributed by atoms with Crippen LogP contribution in [0.15, 0.2) is 39.8 Å². The topological polar surface area (TPSA) is 56.9 Å². The van der Waals surface area contributed by atoms with Crippen molar-refractivity contribution in [1.82, 2.24) is 20.3 Å². The SMILES string of the molecule is CN=C(NC1CC1c1ccccc1F)N1CCN(Cc2cc(C)on2)CC1.I. The summed E-state index contributed by atoms with van der Waals surface area (Å²) in [7, 11) is 1.81. The van der Waals surface area contributed by atoms with E-state index in [2.05, 4.69) is 25.3 Å². The van der Waals surface area contributed by atoms with Gasteiger partial charge in [-0.05, 0) is 25.0 Å². The molecule has 1 saturated heterocycles. The molecular weight excluding hydrogens is 472 g/mol. The Labute approximate surface area is 182 Å². The van der Waals surface area contributed by atoms with Crippen LogP contribution in [0, 0.1) is 12.7 Å². The van der Waals surface area contributed by atoms with Crippen LogP contribution in [0.3, 0.4) is 0 Å². The first-order valence-corrected chi connectivity index (χ1v) is 9.51. The van der Waals surface area contributed by atoms with E-state index in [4.69, 9.17) is 4.52 Å². The average molecular weight is 499 g/mol. The lowest BCUT2D eigenvalue weighted by Crippen LogP contribution is -2.52. The van der Waals surface area contributed by atoms with Gasteiger partial charge in [0.05, 0.1) is 5.69 Å². The Bertz CT molecular complexity index is 818. The maximum atomic E-state index is 14.0. The fraction of sp³-hybridized carbons (Fsp3) is 0.500. The van der Waals surface area contributed by atoms with Crippen LogP contribution in [0.5, 0.6) is 0 Å². The fourth-order valence-corrected chi connectivity index (χ4v) is 3.78. The molecule has 1 aromatic heterocycles. The average Bonchev–Trinajstić information content (AvgIpc) is 3.32. The first-order chi connectivity index (χ1) is 13.1. The highest BCUT2D eigenvalue weighted by molar-refractivity contribution is 14.0. The van der Waals surface area contributed by atoms with E-state index in [1.54, 1.807) is 6.07 Å². The molecule has 4 rings (SSSR count). The minimum atomic E-state index is -0.113. The number of benzene rings is 1. The molecular formula is C20H27FIN5O. The van der Waals surface area contributed by atoms with Gasteiger partial charge < -0.3 is 14.7 Å². The molecule has 152 valence electrons. The maximum Gasteiger partial charge on any atom is 0.193 e. The number of hydrogen-bond acceptors (Lipinski definition) is 4. The van der Waals surface area contributed by atoms with Crippen LogP contribution in [0.25, 0.3) is 0 Å². The van der Waals surface area contributed by atoms with Crippen molar-refractivity contribution < 1.29 is 8.91 Å². The van der Waals surface area contributed by atoms with Crippen LogP contribution in [0.2, 0.25) is 0 Å². The molecule has 28 heavy (non-hydrogen) atoms. The number of guanidine groups is 1. The lowest BCUT2D eigenvalue weighted by Gasteiger charge is -2.36. The van der Waals surface area contributed by atoms with E-state index < -0.39 is 0 Å². The molecule has 1 saturated carbocycles. The Balaban J connectivity index is 0.00000225. The molecule has 1 aliphatic carbocycles. The standard InChI is InChI=1S/C20H26FN5O.HI/c1-14-11-15(24-27-14)13-25-7-9-26(10-8-25)20(22-2)23-19-12-17(19)16-5-3-4-6-18(16)21;/h3-6,11,17,19H,7-10,12-13H2,1-2H3,(H,22,23);1H. The normalized spacial score (nSPS) is 22.7. The molecule has 6 nitrogen and oxygen atoms in total. The zero-order valence-corrected chi connectivity index (χ0v) is 18.6. The van der Waals surface area contributed by atoms with E-state index in [0.29, 0.717) is 0 Å². The van der Waals surface area contributed by atoms with Crippen LogP contribution in [-0.2, 0) is 6.54 Å². The summed E-state index contributed by atoms with van der Waals surface area (Å²) in [6.07, 6.45) is 0.950. The van der Waals surface area contributed by atoms with Crippen LogP contribution in [0.1, 0.15) is 29.4 Å². The monoisotopic (exact) mass is 499 g/mol. The second kappa shape index (κ2) is 9.21. The van der Waals surface area contributed by atoms with E-state index >= 15 is 0 Å². The third-order valence-electron chi connectivity index (χ3n) is 5.36. The van der Waals surface area contributed by atoms with E-state index in [-0.39, 0.29) is 41.8 Å². The van der Waals surface area contributed by atoms with Gasteiger partial charge in [0.25, 0.3) is 0 Å². The quantitative estimate of drug-likeness (QED) is 0.399. The number of aromatic nitrogens is 1. The van der Waals surface area contributed by atoms with E-state index in [0.717, 1.165) is 62.1 Å². The molecule has 2 heterocycles. The highest BCUT2D eigenvalue weighted by atomic mass is 127. The number of hydrogen-bond donors (Lipinski definition) is 1. The molecule has 0 bridgehead atoms. The number of halogens is 2. The van der Waals surface area contributed by atoms with Crippen molar-refractivity contribution in [3.05, 3.63) is 53.2 Å². The Morgan fingerprint density at radius 2 is 2.04 bits per heavy atom. The zero-order chi connectivity index (χ0) is 18.8. The summed E-state index contributed by atoms with van der Waals surface area (Å²) in [6.45, 7) is 6.45. The van der Waals surface area contributed by atoms with E-state index in [1.165, 1.54) is 6.07 Å². The smallest absolute Gasteiger partial charge is 0.193 e. The molecule has 8 heteroatoms. The minimum Gasteiger partial charge on any atom is -0.361 e. The number of piperazine rings is 1. The predicted octanol–water partition coefficient (Wildman–Crippen LogP) is 2.99. The lowest BCUT2D eigenvalue weighted by atomic mass is 10.1. The molecule has 2 atom stereocenters. The van der Waals surface area contributed by atoms with Gasteiger partial charge in [0.1, 0.15) is 11.6 Å². The lowest BCUT2D eigenvalue weighted by molar-refractivity contribution is 0.169. The van der Waals surface area contributed by atoms with Crippen molar-refractivity contribution in [2.45, 2.75) is 31.8 Å². The molecule has 0 radical (unpaired) electrons. The van der Waals surface area contributed by atoms with Crippen molar-refractivity contribution in [1.29, 1.82) is 0 Å². The number of aliphatic imine (C=N–C) groups is 1. The highest BCUT2D eigenvalue weighted by Gasteiger charge is 2.41. The van der Waals surface area contributed by atoms with Crippen molar-refractivity contribution in [2.24, 2.45) is 4.99 Å². The van der Waals surface area contributed by atoms with E-state index in [1.807, 2.05) is 32.2 Å². The van der Waals surface area contributed by atoms with Crippen LogP contribution < -0.4 is 5.32 Å². The van der Waals surface area contributed by atoms with E-state index in [9.17, 15) is 4.39 Å². The zero-order valence-electron chi connectivity index (χ0n) is 16.3. The van der Waals surface area contributed by atoms with Crippen molar-refractivity contribution in [3.63, 3.8) is 0 Å². The highest BCUT2D eigenvalue weighted by Crippen LogP contribution is 2.41. The molecule has 0 amide bonds. The predicted molar refractivity (Wildman–Crippen MR) is 118 cm³/mol. The number of rotatable bonds is 4. The van der Waals surface area contributed by atoms with Gasteiger partial charge in [0.2, 0.25) is 0 Å². The summed E-state index contributed by atoms with van der Waals surface area (Å²) >= 11 is 0.